The summed E-state index contributed by atoms with van der Waals surface area (Å²) in [5.74, 6) is 0.710. The number of aryl methyl sites for hydroxylation is 1. The summed E-state index contributed by atoms with van der Waals surface area (Å²) in [6.45, 7) is 7.82. The van der Waals surface area contributed by atoms with Crippen molar-refractivity contribution >= 4 is 11.6 Å². The van der Waals surface area contributed by atoms with Gasteiger partial charge in [0, 0.05) is 12.1 Å². The van der Waals surface area contributed by atoms with Gasteiger partial charge in [-0.05, 0) is 44.0 Å². The molecule has 0 aliphatic carbocycles. The van der Waals surface area contributed by atoms with Gasteiger partial charge in [0.2, 0.25) is 0 Å². The average molecular weight is 270 g/mol. The van der Waals surface area contributed by atoms with Gasteiger partial charge in [-0.2, -0.15) is 0 Å². The summed E-state index contributed by atoms with van der Waals surface area (Å²) >= 11 is 6.18. The predicted molar refractivity (Wildman–Crippen MR) is 73.5 cm³/mol. The van der Waals surface area contributed by atoms with E-state index in [2.05, 4.69) is 26.1 Å². The summed E-state index contributed by atoms with van der Waals surface area (Å²) in [4.78, 5) is 0. The minimum absolute atomic E-state index is 0.0423. The van der Waals surface area contributed by atoms with Crippen LogP contribution in [-0.4, -0.2) is 25.8 Å². The van der Waals surface area contributed by atoms with E-state index in [0.29, 0.717) is 17.4 Å². The van der Waals surface area contributed by atoms with E-state index in [0.717, 1.165) is 17.7 Å². The monoisotopic (exact) mass is 269 g/mol. The molecule has 0 bridgehead atoms. The van der Waals surface area contributed by atoms with Crippen LogP contribution >= 0.6 is 11.6 Å². The number of ether oxygens (including phenoxy) is 2. The van der Waals surface area contributed by atoms with Crippen LogP contribution in [0.25, 0.3) is 0 Å². The molecule has 100 valence electrons. The maximum Gasteiger partial charge on any atom is 0.137 e. The topological polar surface area (TPSA) is 30.5 Å². The zero-order valence-electron chi connectivity index (χ0n) is 11.3. The highest BCUT2D eigenvalue weighted by Gasteiger charge is 2.28. The Kier molecular flexibility index (Phi) is 3.85. The van der Waals surface area contributed by atoms with Gasteiger partial charge >= 0.3 is 0 Å². The average Bonchev–Trinajstić information content (AvgIpc) is 2.32. The molecule has 0 saturated carbocycles. The van der Waals surface area contributed by atoms with Crippen molar-refractivity contribution in [1.29, 1.82) is 0 Å². The van der Waals surface area contributed by atoms with Crippen LogP contribution in [0.15, 0.2) is 12.1 Å². The summed E-state index contributed by atoms with van der Waals surface area (Å²) in [5, 5.41) is 4.11. The number of morpholine rings is 1. The number of halogens is 1. The highest BCUT2D eigenvalue weighted by molar-refractivity contribution is 6.32. The Morgan fingerprint density at radius 2 is 2.17 bits per heavy atom. The number of nitrogens with one attached hydrogen (secondary N) is 1. The van der Waals surface area contributed by atoms with Gasteiger partial charge in [-0.15, -0.1) is 0 Å². The van der Waals surface area contributed by atoms with E-state index in [9.17, 15) is 0 Å². The second-order valence-corrected chi connectivity index (χ2v) is 5.81. The molecule has 1 heterocycles. The fraction of sp³-hybridized carbons (Fsp3) is 0.571. The normalized spacial score (nSPS) is 22.8. The van der Waals surface area contributed by atoms with Crippen LogP contribution in [0.3, 0.4) is 0 Å². The van der Waals surface area contributed by atoms with Gasteiger partial charge in [0.15, 0.2) is 0 Å². The van der Waals surface area contributed by atoms with E-state index in [1.165, 1.54) is 0 Å². The van der Waals surface area contributed by atoms with Gasteiger partial charge in [-0.1, -0.05) is 11.6 Å². The Morgan fingerprint density at radius 3 is 2.72 bits per heavy atom. The molecule has 0 aromatic heterocycles. The number of benzene rings is 1. The maximum absolute atomic E-state index is 6.18. The molecule has 1 fully saturated rings. The van der Waals surface area contributed by atoms with Crippen LogP contribution in [0.5, 0.6) is 5.75 Å². The molecule has 1 unspecified atom stereocenters. The highest BCUT2D eigenvalue weighted by atomic mass is 35.5. The first-order chi connectivity index (χ1) is 8.43. The van der Waals surface area contributed by atoms with Crippen molar-refractivity contribution < 1.29 is 9.47 Å². The van der Waals surface area contributed by atoms with E-state index in [1.54, 1.807) is 7.11 Å². The van der Waals surface area contributed by atoms with Gasteiger partial charge in [0.05, 0.1) is 24.8 Å². The molecular weight excluding hydrogens is 250 g/mol. The van der Waals surface area contributed by atoms with Crippen LogP contribution in [0.1, 0.15) is 31.1 Å². The lowest BCUT2D eigenvalue weighted by molar-refractivity contribution is -0.0231. The Morgan fingerprint density at radius 1 is 1.44 bits per heavy atom. The van der Waals surface area contributed by atoms with Gasteiger partial charge in [-0.3, -0.25) is 0 Å². The molecule has 1 N–H and O–H groups in total. The summed E-state index contributed by atoms with van der Waals surface area (Å²) < 4.78 is 11.1. The van der Waals surface area contributed by atoms with Crippen molar-refractivity contribution in [2.45, 2.75) is 32.4 Å². The molecule has 0 amide bonds. The second-order valence-electron chi connectivity index (χ2n) is 5.41. The van der Waals surface area contributed by atoms with Crippen molar-refractivity contribution in [3.63, 3.8) is 0 Å². The molecule has 2 rings (SSSR count). The van der Waals surface area contributed by atoms with E-state index < -0.39 is 0 Å². The number of hydrogen-bond acceptors (Lipinski definition) is 3. The largest absolute Gasteiger partial charge is 0.495 e. The third-order valence-electron chi connectivity index (χ3n) is 3.30. The third-order valence-corrected chi connectivity index (χ3v) is 3.59. The molecule has 1 aliphatic heterocycles. The van der Waals surface area contributed by atoms with E-state index >= 15 is 0 Å². The van der Waals surface area contributed by atoms with Crippen LogP contribution in [0.4, 0.5) is 0 Å². The molecule has 0 radical (unpaired) electrons. The summed E-state index contributed by atoms with van der Waals surface area (Å²) in [7, 11) is 1.63. The molecule has 18 heavy (non-hydrogen) atoms. The van der Waals surface area contributed by atoms with Gasteiger partial charge in [0.25, 0.3) is 0 Å². The maximum atomic E-state index is 6.18. The lowest BCUT2D eigenvalue weighted by Gasteiger charge is -2.36. The number of methoxy groups -OCH3 is 1. The third kappa shape index (κ3) is 2.79. The standard InChI is InChI=1S/C14H20ClNO2/c1-9-5-12(17-4)11(15)6-10(9)13-7-16-14(2,3)8-18-13/h5-6,13,16H,7-8H2,1-4H3. The Labute approximate surface area is 113 Å². The first-order valence-electron chi connectivity index (χ1n) is 6.13. The molecule has 1 aromatic rings. The zero-order valence-corrected chi connectivity index (χ0v) is 12.1. The van der Waals surface area contributed by atoms with Crippen LogP contribution in [0, 0.1) is 6.92 Å². The first kappa shape index (κ1) is 13.7. The number of hydrogen-bond donors (Lipinski definition) is 1. The van der Waals surface area contributed by atoms with Crippen molar-refractivity contribution in [3.05, 3.63) is 28.3 Å². The molecule has 1 aliphatic rings. The predicted octanol–water partition coefficient (Wildman–Crippen LogP) is 3.10. The van der Waals surface area contributed by atoms with Crippen molar-refractivity contribution in [2.75, 3.05) is 20.3 Å². The molecule has 0 spiro atoms. The van der Waals surface area contributed by atoms with E-state index in [1.807, 2.05) is 12.1 Å². The Hall–Kier alpha value is -0.770. The van der Waals surface area contributed by atoms with Gasteiger partial charge < -0.3 is 14.8 Å². The molecule has 3 nitrogen and oxygen atoms in total. The number of rotatable bonds is 2. The summed E-state index contributed by atoms with van der Waals surface area (Å²) in [6.07, 6.45) is 0.0569. The van der Waals surface area contributed by atoms with Crippen LogP contribution in [-0.2, 0) is 4.74 Å². The summed E-state index contributed by atoms with van der Waals surface area (Å²) in [6, 6.07) is 3.90. The lowest BCUT2D eigenvalue weighted by atomic mass is 9.98. The first-order valence-corrected chi connectivity index (χ1v) is 6.51. The Bertz CT molecular complexity index is 436. The van der Waals surface area contributed by atoms with Crippen molar-refractivity contribution in [1.82, 2.24) is 5.32 Å². The SMILES string of the molecule is COc1cc(C)c(C2CNC(C)(C)CO2)cc1Cl. The summed E-state index contributed by atoms with van der Waals surface area (Å²) in [5.41, 5.74) is 2.31. The Balaban J connectivity index is 2.22. The molecule has 1 aromatic carbocycles. The second kappa shape index (κ2) is 5.08. The zero-order chi connectivity index (χ0) is 13.3. The van der Waals surface area contributed by atoms with Crippen molar-refractivity contribution in [2.24, 2.45) is 0 Å². The molecule has 1 atom stereocenters. The van der Waals surface area contributed by atoms with Gasteiger partial charge in [0.1, 0.15) is 5.75 Å². The fourth-order valence-corrected chi connectivity index (χ4v) is 2.41. The highest BCUT2D eigenvalue weighted by Crippen LogP contribution is 2.33. The molecule has 1 saturated heterocycles. The minimum Gasteiger partial charge on any atom is -0.495 e. The molecular formula is C14H20ClNO2. The minimum atomic E-state index is 0.0423. The lowest BCUT2D eigenvalue weighted by Crippen LogP contribution is -2.50. The smallest absolute Gasteiger partial charge is 0.137 e. The van der Waals surface area contributed by atoms with E-state index in [-0.39, 0.29) is 11.6 Å². The van der Waals surface area contributed by atoms with E-state index in [4.69, 9.17) is 21.1 Å². The van der Waals surface area contributed by atoms with Crippen molar-refractivity contribution in [3.8, 4) is 5.75 Å². The fourth-order valence-electron chi connectivity index (χ4n) is 2.16. The quantitative estimate of drug-likeness (QED) is 0.895. The van der Waals surface area contributed by atoms with Crippen LogP contribution < -0.4 is 10.1 Å². The van der Waals surface area contributed by atoms with Gasteiger partial charge in [-0.25, -0.2) is 0 Å². The molecule has 4 heteroatoms. The van der Waals surface area contributed by atoms with Crippen LogP contribution in [0.2, 0.25) is 5.02 Å².